The summed E-state index contributed by atoms with van der Waals surface area (Å²) < 4.78 is 0. The van der Waals surface area contributed by atoms with Crippen LogP contribution < -0.4 is 5.32 Å². The van der Waals surface area contributed by atoms with Crippen molar-refractivity contribution in [3.8, 4) is 0 Å². The maximum Gasteiger partial charge on any atom is 0.222 e. The number of aliphatic hydroxyl groups excluding tert-OH is 1. The van der Waals surface area contributed by atoms with Crippen LogP contribution in [0.4, 0.5) is 0 Å². The minimum atomic E-state index is -0.433. The fraction of sp³-hybridized carbons (Fsp3) is 0.722. The molecule has 2 atom stereocenters. The van der Waals surface area contributed by atoms with Crippen molar-refractivity contribution in [2.75, 3.05) is 19.6 Å². The number of thiophene rings is 1. The number of likely N-dealkylation sites (tertiary alicyclic amines) is 1. The first-order valence-electron chi connectivity index (χ1n) is 8.95. The van der Waals surface area contributed by atoms with Gasteiger partial charge in [0, 0.05) is 23.9 Å². The number of carbonyl (C=O) groups excluding carboxylic acids is 1. The number of rotatable bonds is 6. The lowest BCUT2D eigenvalue weighted by Crippen LogP contribution is -2.37. The molecule has 0 aliphatic carbocycles. The number of nitrogens with zero attached hydrogens (tertiary/aromatic N) is 1. The van der Waals surface area contributed by atoms with Gasteiger partial charge in [0.05, 0.1) is 6.10 Å². The Labute approximate surface area is 142 Å². The van der Waals surface area contributed by atoms with Crippen molar-refractivity contribution >= 4 is 17.2 Å². The molecule has 4 nitrogen and oxygen atoms in total. The van der Waals surface area contributed by atoms with Crippen LogP contribution in [0.25, 0.3) is 0 Å². The summed E-state index contributed by atoms with van der Waals surface area (Å²) in [7, 11) is 0. The lowest BCUT2D eigenvalue weighted by atomic mass is 9.93. The molecule has 1 aromatic rings. The summed E-state index contributed by atoms with van der Waals surface area (Å²) in [6, 6.07) is 4.17. The van der Waals surface area contributed by atoms with Gasteiger partial charge in [-0.15, -0.1) is 11.3 Å². The summed E-state index contributed by atoms with van der Waals surface area (Å²) >= 11 is 1.59. The Morgan fingerprint density at radius 2 is 2.22 bits per heavy atom. The molecule has 2 aliphatic heterocycles. The van der Waals surface area contributed by atoms with E-state index in [1.807, 2.05) is 22.4 Å². The summed E-state index contributed by atoms with van der Waals surface area (Å²) in [6.45, 7) is 3.06. The van der Waals surface area contributed by atoms with E-state index in [1.54, 1.807) is 11.3 Å². The number of piperidine rings is 1. The Balaban J connectivity index is 1.48. The quantitative estimate of drug-likeness (QED) is 0.840. The van der Waals surface area contributed by atoms with Crippen LogP contribution >= 0.6 is 11.3 Å². The minimum Gasteiger partial charge on any atom is -0.387 e. The van der Waals surface area contributed by atoms with Gasteiger partial charge in [0.1, 0.15) is 0 Å². The zero-order valence-corrected chi connectivity index (χ0v) is 14.6. The molecular formula is C18H28N2O2S. The molecule has 0 saturated carbocycles. The molecule has 2 aliphatic rings. The van der Waals surface area contributed by atoms with E-state index in [-0.39, 0.29) is 6.04 Å². The van der Waals surface area contributed by atoms with Gasteiger partial charge in [-0.2, -0.15) is 0 Å². The highest BCUT2D eigenvalue weighted by Crippen LogP contribution is 2.30. The van der Waals surface area contributed by atoms with Crippen LogP contribution in [0.5, 0.6) is 0 Å². The smallest absolute Gasteiger partial charge is 0.222 e. The number of hydrogen-bond donors (Lipinski definition) is 2. The Kier molecular flexibility index (Phi) is 6.08. The first kappa shape index (κ1) is 16.9. The predicted octanol–water partition coefficient (Wildman–Crippen LogP) is 2.94. The van der Waals surface area contributed by atoms with Crippen LogP contribution in [-0.4, -0.2) is 41.6 Å². The molecule has 1 amide bonds. The maximum atomic E-state index is 12.6. The third-order valence-electron chi connectivity index (χ3n) is 5.29. The van der Waals surface area contributed by atoms with E-state index >= 15 is 0 Å². The summed E-state index contributed by atoms with van der Waals surface area (Å²) in [6.07, 6.45) is 6.45. The van der Waals surface area contributed by atoms with Gasteiger partial charge in [-0.25, -0.2) is 0 Å². The van der Waals surface area contributed by atoms with Crippen LogP contribution in [0, 0.1) is 5.92 Å². The zero-order valence-electron chi connectivity index (χ0n) is 13.7. The van der Waals surface area contributed by atoms with Crippen LogP contribution in [0.1, 0.15) is 55.9 Å². The van der Waals surface area contributed by atoms with E-state index in [1.165, 1.54) is 12.8 Å². The Bertz CT molecular complexity index is 485. The molecule has 0 spiro atoms. The second kappa shape index (κ2) is 8.27. The highest BCUT2D eigenvalue weighted by atomic mass is 32.1. The van der Waals surface area contributed by atoms with Crippen LogP contribution in [0.15, 0.2) is 17.5 Å². The molecule has 3 rings (SSSR count). The Hall–Kier alpha value is -0.910. The fourth-order valence-corrected chi connectivity index (χ4v) is 4.63. The standard InChI is InChI=1S/C18H28N2O2S/c21-16(17-4-2-12-23-17)13-15-3-1-11-20(15)18(22)6-5-14-7-9-19-10-8-14/h2,4,12,14-16,19,21H,1,3,5-11,13H2. The summed E-state index contributed by atoms with van der Waals surface area (Å²) in [5.41, 5.74) is 0. The highest BCUT2D eigenvalue weighted by molar-refractivity contribution is 7.10. The largest absolute Gasteiger partial charge is 0.387 e. The average molecular weight is 337 g/mol. The molecular weight excluding hydrogens is 308 g/mol. The molecule has 0 aromatic carbocycles. The van der Waals surface area contributed by atoms with Gasteiger partial charge in [-0.05, 0) is 69.0 Å². The normalized spacial score (nSPS) is 24.0. The van der Waals surface area contributed by atoms with Crippen molar-refractivity contribution in [3.63, 3.8) is 0 Å². The SMILES string of the molecule is O=C(CCC1CCNCC1)N1CCCC1CC(O)c1cccs1. The van der Waals surface area contributed by atoms with Crippen LogP contribution in [0.2, 0.25) is 0 Å². The molecule has 0 bridgehead atoms. The van der Waals surface area contributed by atoms with E-state index in [2.05, 4.69) is 5.32 Å². The number of carbonyl (C=O) groups is 1. The first-order valence-corrected chi connectivity index (χ1v) is 9.83. The molecule has 2 fully saturated rings. The van der Waals surface area contributed by atoms with Crippen LogP contribution in [0.3, 0.4) is 0 Å². The topological polar surface area (TPSA) is 52.6 Å². The Morgan fingerprint density at radius 3 is 2.96 bits per heavy atom. The van der Waals surface area contributed by atoms with Gasteiger partial charge < -0.3 is 15.3 Å². The summed E-state index contributed by atoms with van der Waals surface area (Å²) in [5, 5.41) is 15.7. The second-order valence-electron chi connectivity index (χ2n) is 6.88. The van der Waals surface area contributed by atoms with Crippen molar-refractivity contribution in [1.82, 2.24) is 10.2 Å². The van der Waals surface area contributed by atoms with Gasteiger partial charge in [-0.3, -0.25) is 4.79 Å². The van der Waals surface area contributed by atoms with Gasteiger partial charge in [0.15, 0.2) is 0 Å². The third kappa shape index (κ3) is 4.55. The molecule has 0 radical (unpaired) electrons. The first-order chi connectivity index (χ1) is 11.2. The van der Waals surface area contributed by atoms with Crippen molar-refractivity contribution in [2.24, 2.45) is 5.92 Å². The predicted molar refractivity (Wildman–Crippen MR) is 93.5 cm³/mol. The molecule has 2 saturated heterocycles. The summed E-state index contributed by atoms with van der Waals surface area (Å²) in [5.74, 6) is 1.00. The monoisotopic (exact) mass is 336 g/mol. The molecule has 2 unspecified atom stereocenters. The van der Waals surface area contributed by atoms with Gasteiger partial charge in [-0.1, -0.05) is 6.07 Å². The van der Waals surface area contributed by atoms with E-state index in [0.29, 0.717) is 24.7 Å². The lowest BCUT2D eigenvalue weighted by Gasteiger charge is -2.28. The van der Waals surface area contributed by atoms with Crippen molar-refractivity contribution < 1.29 is 9.90 Å². The molecule has 5 heteroatoms. The molecule has 2 N–H and O–H groups in total. The van der Waals surface area contributed by atoms with E-state index in [9.17, 15) is 9.90 Å². The van der Waals surface area contributed by atoms with Crippen molar-refractivity contribution in [3.05, 3.63) is 22.4 Å². The number of aliphatic hydroxyl groups is 1. The fourth-order valence-electron chi connectivity index (χ4n) is 3.91. The highest BCUT2D eigenvalue weighted by Gasteiger charge is 2.31. The maximum absolute atomic E-state index is 12.6. The summed E-state index contributed by atoms with van der Waals surface area (Å²) in [4.78, 5) is 15.7. The zero-order chi connectivity index (χ0) is 16.1. The van der Waals surface area contributed by atoms with Gasteiger partial charge in [0.2, 0.25) is 5.91 Å². The van der Waals surface area contributed by atoms with E-state index in [4.69, 9.17) is 0 Å². The van der Waals surface area contributed by atoms with Crippen LogP contribution in [-0.2, 0) is 4.79 Å². The minimum absolute atomic E-state index is 0.215. The van der Waals surface area contributed by atoms with Crippen molar-refractivity contribution in [2.45, 2.75) is 57.1 Å². The molecule has 128 valence electrons. The van der Waals surface area contributed by atoms with Gasteiger partial charge >= 0.3 is 0 Å². The van der Waals surface area contributed by atoms with Crippen molar-refractivity contribution in [1.29, 1.82) is 0 Å². The average Bonchev–Trinajstić information content (AvgIpc) is 3.25. The van der Waals surface area contributed by atoms with E-state index in [0.717, 1.165) is 43.8 Å². The van der Waals surface area contributed by atoms with E-state index < -0.39 is 6.10 Å². The number of amides is 1. The molecule has 3 heterocycles. The Morgan fingerprint density at radius 1 is 1.39 bits per heavy atom. The second-order valence-corrected chi connectivity index (χ2v) is 7.86. The molecule has 1 aromatic heterocycles. The number of hydrogen-bond acceptors (Lipinski definition) is 4. The lowest BCUT2D eigenvalue weighted by molar-refractivity contribution is -0.132. The third-order valence-corrected chi connectivity index (χ3v) is 6.26. The molecule has 23 heavy (non-hydrogen) atoms. The number of nitrogens with one attached hydrogen (secondary N) is 1. The van der Waals surface area contributed by atoms with Gasteiger partial charge in [0.25, 0.3) is 0 Å².